The topological polar surface area (TPSA) is 102 Å². The molecule has 0 radical (unpaired) electrons. The Morgan fingerprint density at radius 1 is 1.08 bits per heavy atom. The molecule has 1 saturated carbocycles. The Kier molecular flexibility index (Phi) is 6.77. The smallest absolute Gasteiger partial charge is 0.309 e. The predicted molar refractivity (Wildman–Crippen MR) is 98.0 cm³/mol. The van der Waals surface area contributed by atoms with Gasteiger partial charge in [-0.15, -0.1) is 0 Å². The van der Waals surface area contributed by atoms with Crippen LogP contribution in [0.1, 0.15) is 46.5 Å². The SMILES string of the molecule is CC(C)NS(=O)(=O)c1ccc(NC(=O)[C@H](C)OC(=O)C2CCCC2)cc1. The number of sulfonamides is 1. The largest absolute Gasteiger partial charge is 0.452 e. The van der Waals surface area contributed by atoms with Crippen molar-refractivity contribution < 1.29 is 22.7 Å². The highest BCUT2D eigenvalue weighted by Crippen LogP contribution is 2.26. The summed E-state index contributed by atoms with van der Waals surface area (Å²) in [5, 5.41) is 2.63. The summed E-state index contributed by atoms with van der Waals surface area (Å²) >= 11 is 0. The third-order valence-electron chi connectivity index (χ3n) is 4.17. The number of anilines is 1. The maximum atomic E-state index is 12.2. The molecule has 8 heteroatoms. The fourth-order valence-corrected chi connectivity index (χ4v) is 4.08. The van der Waals surface area contributed by atoms with E-state index >= 15 is 0 Å². The molecule has 26 heavy (non-hydrogen) atoms. The van der Waals surface area contributed by atoms with E-state index in [4.69, 9.17) is 4.74 Å². The third kappa shape index (κ3) is 5.54. The molecule has 7 nitrogen and oxygen atoms in total. The lowest BCUT2D eigenvalue weighted by atomic mass is 10.1. The van der Waals surface area contributed by atoms with Gasteiger partial charge in [0, 0.05) is 11.7 Å². The van der Waals surface area contributed by atoms with Crippen LogP contribution in [0.5, 0.6) is 0 Å². The number of benzene rings is 1. The van der Waals surface area contributed by atoms with Crippen LogP contribution in [0, 0.1) is 5.92 Å². The van der Waals surface area contributed by atoms with Gasteiger partial charge in [-0.3, -0.25) is 9.59 Å². The lowest BCUT2D eigenvalue weighted by Crippen LogP contribution is -2.32. The maximum absolute atomic E-state index is 12.2. The molecular weight excluding hydrogens is 356 g/mol. The number of carbonyl (C=O) groups excluding carboxylic acids is 2. The van der Waals surface area contributed by atoms with E-state index < -0.39 is 22.0 Å². The molecule has 1 aliphatic rings. The summed E-state index contributed by atoms with van der Waals surface area (Å²) in [6.07, 6.45) is 2.75. The molecule has 0 aliphatic heterocycles. The van der Waals surface area contributed by atoms with Crippen molar-refractivity contribution in [2.45, 2.75) is 63.5 Å². The quantitative estimate of drug-likeness (QED) is 0.705. The van der Waals surface area contributed by atoms with Gasteiger partial charge in [-0.1, -0.05) is 12.8 Å². The molecule has 2 rings (SSSR count). The summed E-state index contributed by atoms with van der Waals surface area (Å²) < 4.78 is 31.9. The molecule has 1 fully saturated rings. The van der Waals surface area contributed by atoms with Crippen molar-refractivity contribution in [3.05, 3.63) is 24.3 Å². The van der Waals surface area contributed by atoms with Gasteiger partial charge in [0.1, 0.15) is 0 Å². The van der Waals surface area contributed by atoms with Gasteiger partial charge in [0.25, 0.3) is 5.91 Å². The summed E-state index contributed by atoms with van der Waals surface area (Å²) in [5.41, 5.74) is 0.433. The molecule has 1 aromatic rings. The van der Waals surface area contributed by atoms with Crippen molar-refractivity contribution in [3.63, 3.8) is 0 Å². The number of carbonyl (C=O) groups is 2. The Morgan fingerprint density at radius 2 is 1.65 bits per heavy atom. The Bertz CT molecular complexity index is 737. The number of esters is 1. The van der Waals surface area contributed by atoms with Crippen molar-refractivity contribution in [2.24, 2.45) is 5.92 Å². The summed E-state index contributed by atoms with van der Waals surface area (Å²) in [6, 6.07) is 5.61. The minimum atomic E-state index is -3.58. The molecule has 0 aromatic heterocycles. The Morgan fingerprint density at radius 3 is 2.19 bits per heavy atom. The molecular formula is C18H26N2O5S. The molecule has 1 amide bonds. The first-order valence-electron chi connectivity index (χ1n) is 8.83. The lowest BCUT2D eigenvalue weighted by Gasteiger charge is -2.16. The Balaban J connectivity index is 1.93. The third-order valence-corrected chi connectivity index (χ3v) is 5.85. The molecule has 1 aromatic carbocycles. The van der Waals surface area contributed by atoms with Crippen LogP contribution in [0.2, 0.25) is 0 Å². The fraction of sp³-hybridized carbons (Fsp3) is 0.556. The molecule has 0 bridgehead atoms. The highest BCUT2D eigenvalue weighted by atomic mass is 32.2. The van der Waals surface area contributed by atoms with Crippen molar-refractivity contribution in [2.75, 3.05) is 5.32 Å². The Hall–Kier alpha value is -1.93. The van der Waals surface area contributed by atoms with Gasteiger partial charge in [-0.05, 0) is 57.9 Å². The van der Waals surface area contributed by atoms with E-state index in [2.05, 4.69) is 10.0 Å². The van der Waals surface area contributed by atoms with Gasteiger partial charge in [0.05, 0.1) is 10.8 Å². The van der Waals surface area contributed by atoms with Gasteiger partial charge in [0.15, 0.2) is 6.10 Å². The first-order valence-corrected chi connectivity index (χ1v) is 10.3. The van der Waals surface area contributed by atoms with Crippen molar-refractivity contribution >= 4 is 27.6 Å². The van der Waals surface area contributed by atoms with Crippen LogP contribution < -0.4 is 10.0 Å². The van der Waals surface area contributed by atoms with E-state index in [0.717, 1.165) is 25.7 Å². The molecule has 144 valence electrons. The van der Waals surface area contributed by atoms with Crippen LogP contribution in [0.15, 0.2) is 29.2 Å². The van der Waals surface area contributed by atoms with E-state index in [9.17, 15) is 18.0 Å². The van der Waals surface area contributed by atoms with E-state index in [1.54, 1.807) is 13.8 Å². The second-order valence-electron chi connectivity index (χ2n) is 6.85. The minimum Gasteiger partial charge on any atom is -0.452 e. The van der Waals surface area contributed by atoms with Crippen LogP contribution >= 0.6 is 0 Å². The zero-order chi connectivity index (χ0) is 19.3. The lowest BCUT2D eigenvalue weighted by molar-refractivity contribution is -0.157. The molecule has 2 N–H and O–H groups in total. The number of amides is 1. The average molecular weight is 382 g/mol. The number of ether oxygens (including phenoxy) is 1. The van der Waals surface area contributed by atoms with Gasteiger partial charge in [0.2, 0.25) is 10.0 Å². The number of hydrogen-bond donors (Lipinski definition) is 2. The summed E-state index contributed by atoms with van der Waals surface area (Å²) in [7, 11) is -3.58. The van der Waals surface area contributed by atoms with Crippen LogP contribution in [0.25, 0.3) is 0 Å². The Labute approximate surface area is 154 Å². The first-order chi connectivity index (χ1) is 12.2. The predicted octanol–water partition coefficient (Wildman–Crippen LogP) is 2.43. The molecule has 0 heterocycles. The van der Waals surface area contributed by atoms with Crippen molar-refractivity contribution in [1.29, 1.82) is 0 Å². The molecule has 1 aliphatic carbocycles. The van der Waals surface area contributed by atoms with E-state index in [0.29, 0.717) is 5.69 Å². The molecule has 0 saturated heterocycles. The van der Waals surface area contributed by atoms with Crippen molar-refractivity contribution in [1.82, 2.24) is 4.72 Å². The highest BCUT2D eigenvalue weighted by molar-refractivity contribution is 7.89. The number of rotatable bonds is 7. The van der Waals surface area contributed by atoms with Gasteiger partial charge >= 0.3 is 5.97 Å². The fourth-order valence-electron chi connectivity index (χ4n) is 2.83. The van der Waals surface area contributed by atoms with Gasteiger partial charge in [-0.2, -0.15) is 0 Å². The van der Waals surface area contributed by atoms with Crippen LogP contribution in [0.4, 0.5) is 5.69 Å². The van der Waals surface area contributed by atoms with E-state index in [-0.39, 0.29) is 22.8 Å². The number of hydrogen-bond acceptors (Lipinski definition) is 5. The van der Waals surface area contributed by atoms with E-state index in [1.807, 2.05) is 0 Å². The summed E-state index contributed by atoms with van der Waals surface area (Å²) in [5.74, 6) is -0.887. The minimum absolute atomic E-state index is 0.108. The second-order valence-corrected chi connectivity index (χ2v) is 8.56. The summed E-state index contributed by atoms with van der Waals surface area (Å²) in [4.78, 5) is 24.3. The maximum Gasteiger partial charge on any atom is 0.309 e. The second kappa shape index (κ2) is 8.64. The molecule has 1 atom stereocenters. The summed E-state index contributed by atoms with van der Waals surface area (Å²) in [6.45, 7) is 4.99. The molecule has 0 spiro atoms. The zero-order valence-corrected chi connectivity index (χ0v) is 16.1. The van der Waals surface area contributed by atoms with Gasteiger partial charge in [-0.25, -0.2) is 13.1 Å². The van der Waals surface area contributed by atoms with E-state index in [1.165, 1.54) is 31.2 Å². The normalized spacial score (nSPS) is 16.5. The van der Waals surface area contributed by atoms with Crippen molar-refractivity contribution in [3.8, 4) is 0 Å². The zero-order valence-electron chi connectivity index (χ0n) is 15.3. The van der Waals surface area contributed by atoms with Crippen LogP contribution in [-0.2, 0) is 24.3 Å². The average Bonchev–Trinajstić information content (AvgIpc) is 3.08. The van der Waals surface area contributed by atoms with Crippen LogP contribution in [-0.4, -0.2) is 32.4 Å². The number of nitrogens with one attached hydrogen (secondary N) is 2. The van der Waals surface area contributed by atoms with Gasteiger partial charge < -0.3 is 10.1 Å². The standard InChI is InChI=1S/C18H26N2O5S/c1-12(2)20-26(23,24)16-10-8-15(9-11-16)19-17(21)13(3)25-18(22)14-6-4-5-7-14/h8-14,20H,4-7H2,1-3H3,(H,19,21)/t13-/m0/s1. The van der Waals surface area contributed by atoms with Crippen LogP contribution in [0.3, 0.4) is 0 Å². The highest BCUT2D eigenvalue weighted by Gasteiger charge is 2.27. The monoisotopic (exact) mass is 382 g/mol. The first kappa shape index (κ1) is 20.4. The molecule has 0 unspecified atom stereocenters.